The third-order valence-electron chi connectivity index (χ3n) is 5.81. The van der Waals surface area contributed by atoms with E-state index in [1.54, 1.807) is 24.4 Å². The van der Waals surface area contributed by atoms with Gasteiger partial charge in [-0.2, -0.15) is 13.2 Å². The number of Topliss-reactive ketones (excluding diaryl/α,β-unsaturated/α-hetero) is 1. The third-order valence-corrected chi connectivity index (χ3v) is 5.81. The molecule has 3 aromatic rings. The first-order valence-electron chi connectivity index (χ1n) is 11.1. The SMILES string of the molecule is Cc1cc(NC(=O)O)c(NC(=O)CC(=O)c2cccc(-c3ccc(C4CC4)nc3)c2)cc1C(F)(F)F. The molecule has 0 atom stereocenters. The van der Waals surface area contributed by atoms with Crippen molar-refractivity contribution in [2.24, 2.45) is 0 Å². The fourth-order valence-electron chi connectivity index (χ4n) is 3.85. The highest BCUT2D eigenvalue weighted by Crippen LogP contribution is 2.39. The summed E-state index contributed by atoms with van der Waals surface area (Å²) in [5.74, 6) is -0.920. The van der Waals surface area contributed by atoms with Crippen molar-refractivity contribution in [1.82, 2.24) is 4.98 Å². The van der Waals surface area contributed by atoms with Gasteiger partial charge in [0.25, 0.3) is 0 Å². The van der Waals surface area contributed by atoms with Crippen LogP contribution < -0.4 is 10.6 Å². The van der Waals surface area contributed by atoms with E-state index in [4.69, 9.17) is 5.11 Å². The Morgan fingerprint density at radius 2 is 1.72 bits per heavy atom. The fraction of sp³-hybridized carbons (Fsp3) is 0.231. The van der Waals surface area contributed by atoms with Gasteiger partial charge in [0.15, 0.2) is 5.78 Å². The lowest BCUT2D eigenvalue weighted by Gasteiger charge is -2.17. The molecule has 0 saturated heterocycles. The van der Waals surface area contributed by atoms with Gasteiger partial charge >= 0.3 is 12.3 Å². The second kappa shape index (κ2) is 9.80. The van der Waals surface area contributed by atoms with Crippen LogP contribution in [0.4, 0.5) is 29.3 Å². The molecule has 0 bridgehead atoms. The van der Waals surface area contributed by atoms with E-state index in [0.717, 1.165) is 35.7 Å². The van der Waals surface area contributed by atoms with Crippen LogP contribution in [0.2, 0.25) is 0 Å². The van der Waals surface area contributed by atoms with E-state index in [-0.39, 0.29) is 16.8 Å². The van der Waals surface area contributed by atoms with Gasteiger partial charge in [-0.25, -0.2) is 4.79 Å². The van der Waals surface area contributed by atoms with Gasteiger partial charge in [-0.05, 0) is 55.2 Å². The van der Waals surface area contributed by atoms with Gasteiger partial charge in [-0.3, -0.25) is 19.9 Å². The minimum atomic E-state index is -4.71. The summed E-state index contributed by atoms with van der Waals surface area (Å²) in [4.78, 5) is 40.8. The van der Waals surface area contributed by atoms with Crippen LogP contribution in [0, 0.1) is 6.92 Å². The molecule has 0 spiro atoms. The number of carbonyl (C=O) groups excluding carboxylic acids is 2. The Hall–Kier alpha value is -4.21. The van der Waals surface area contributed by atoms with Gasteiger partial charge in [0.2, 0.25) is 5.91 Å². The number of nitrogens with one attached hydrogen (secondary N) is 2. The number of rotatable bonds is 7. The smallest absolute Gasteiger partial charge is 0.416 e. The molecule has 0 radical (unpaired) electrons. The highest BCUT2D eigenvalue weighted by Gasteiger charge is 2.33. The summed E-state index contributed by atoms with van der Waals surface area (Å²) < 4.78 is 40.0. The second-order valence-corrected chi connectivity index (χ2v) is 8.62. The maximum absolute atomic E-state index is 13.3. The molecule has 0 aliphatic heterocycles. The van der Waals surface area contributed by atoms with Crippen molar-refractivity contribution in [3.8, 4) is 11.1 Å². The summed E-state index contributed by atoms with van der Waals surface area (Å²) in [6, 6.07) is 12.1. The van der Waals surface area contributed by atoms with E-state index in [1.807, 2.05) is 17.4 Å². The van der Waals surface area contributed by atoms with E-state index >= 15 is 0 Å². The molecule has 7 nitrogen and oxygen atoms in total. The largest absolute Gasteiger partial charge is 0.465 e. The number of carbonyl (C=O) groups is 3. The maximum atomic E-state index is 13.3. The molecule has 1 aromatic heterocycles. The number of alkyl halides is 3. The van der Waals surface area contributed by atoms with Crippen molar-refractivity contribution in [3.05, 3.63) is 77.1 Å². The van der Waals surface area contributed by atoms with E-state index < -0.39 is 41.6 Å². The topological polar surface area (TPSA) is 108 Å². The van der Waals surface area contributed by atoms with Gasteiger partial charge < -0.3 is 10.4 Å². The zero-order valence-corrected chi connectivity index (χ0v) is 19.1. The predicted octanol–water partition coefficient (Wildman–Crippen LogP) is 6.25. The van der Waals surface area contributed by atoms with Crippen LogP contribution in [-0.4, -0.2) is 27.9 Å². The zero-order chi connectivity index (χ0) is 26.0. The summed E-state index contributed by atoms with van der Waals surface area (Å²) in [5, 5.41) is 13.2. The Morgan fingerprint density at radius 1 is 1.00 bits per heavy atom. The molecule has 1 fully saturated rings. The maximum Gasteiger partial charge on any atom is 0.416 e. The Balaban J connectivity index is 1.50. The monoisotopic (exact) mass is 497 g/mol. The Morgan fingerprint density at radius 3 is 2.33 bits per heavy atom. The number of ketones is 1. The minimum absolute atomic E-state index is 0.225. The molecule has 10 heteroatoms. The van der Waals surface area contributed by atoms with Crippen molar-refractivity contribution in [1.29, 1.82) is 0 Å². The first kappa shape index (κ1) is 24.9. The van der Waals surface area contributed by atoms with Crippen LogP contribution in [0.5, 0.6) is 0 Å². The van der Waals surface area contributed by atoms with Crippen LogP contribution in [0.25, 0.3) is 11.1 Å². The molecule has 4 rings (SSSR count). The van der Waals surface area contributed by atoms with Gasteiger partial charge in [-0.1, -0.05) is 24.3 Å². The van der Waals surface area contributed by atoms with Gasteiger partial charge in [0.1, 0.15) is 0 Å². The van der Waals surface area contributed by atoms with Crippen LogP contribution >= 0.6 is 0 Å². The lowest BCUT2D eigenvalue weighted by molar-refractivity contribution is -0.138. The van der Waals surface area contributed by atoms with E-state index in [1.165, 1.54) is 13.0 Å². The molecule has 1 aliphatic rings. The Bertz CT molecular complexity index is 1330. The number of benzene rings is 2. The van der Waals surface area contributed by atoms with Crippen molar-refractivity contribution >= 4 is 29.2 Å². The van der Waals surface area contributed by atoms with Gasteiger partial charge in [0.05, 0.1) is 23.4 Å². The third kappa shape index (κ3) is 5.88. The predicted molar refractivity (Wildman–Crippen MR) is 127 cm³/mol. The molecule has 36 heavy (non-hydrogen) atoms. The van der Waals surface area contributed by atoms with Gasteiger partial charge in [-0.15, -0.1) is 0 Å². The van der Waals surface area contributed by atoms with E-state index in [2.05, 4.69) is 10.3 Å². The molecule has 1 aliphatic carbocycles. The molecule has 2 aromatic carbocycles. The zero-order valence-electron chi connectivity index (χ0n) is 19.1. The van der Waals surface area contributed by atoms with E-state index in [0.29, 0.717) is 12.0 Å². The molecule has 1 heterocycles. The fourth-order valence-corrected chi connectivity index (χ4v) is 3.85. The highest BCUT2D eigenvalue weighted by molar-refractivity contribution is 6.12. The van der Waals surface area contributed by atoms with Crippen molar-refractivity contribution in [2.75, 3.05) is 10.6 Å². The number of hydrogen-bond acceptors (Lipinski definition) is 4. The van der Waals surface area contributed by atoms with Crippen LogP contribution in [-0.2, 0) is 11.0 Å². The van der Waals surface area contributed by atoms with E-state index in [9.17, 15) is 27.6 Å². The molecule has 1 saturated carbocycles. The Kier molecular flexibility index (Phi) is 6.78. The lowest BCUT2D eigenvalue weighted by Crippen LogP contribution is -2.20. The summed E-state index contributed by atoms with van der Waals surface area (Å²) in [6.07, 6.45) is -2.88. The number of aromatic nitrogens is 1. The van der Waals surface area contributed by atoms with Crippen LogP contribution in [0.3, 0.4) is 0 Å². The lowest BCUT2D eigenvalue weighted by atomic mass is 10.0. The summed E-state index contributed by atoms with van der Waals surface area (Å²) >= 11 is 0. The number of pyridine rings is 1. The molecular weight excluding hydrogens is 475 g/mol. The number of nitrogens with zero attached hydrogens (tertiary/aromatic N) is 1. The number of amides is 2. The normalized spacial score (nSPS) is 13.2. The number of hydrogen-bond donors (Lipinski definition) is 3. The minimum Gasteiger partial charge on any atom is -0.465 e. The summed E-state index contributed by atoms with van der Waals surface area (Å²) in [5.41, 5.74) is 0.925. The summed E-state index contributed by atoms with van der Waals surface area (Å²) in [7, 11) is 0. The standard InChI is InChI=1S/C26H22F3N3O4/c1-14-9-21(32-25(35)36)22(11-19(14)26(27,28)29)31-24(34)12-23(33)17-4-2-3-16(10-17)18-7-8-20(30-13-18)15-5-6-15/h2-4,7-11,13,15,32H,5-6,12H2,1H3,(H,31,34)(H,35,36). The van der Waals surface area contributed by atoms with Gasteiger partial charge in [0, 0.05) is 28.9 Å². The number of halogens is 3. The molecule has 3 N–H and O–H groups in total. The van der Waals surface area contributed by atoms with Crippen LogP contribution in [0.1, 0.15) is 52.4 Å². The summed E-state index contributed by atoms with van der Waals surface area (Å²) in [6.45, 7) is 1.17. The first-order valence-corrected chi connectivity index (χ1v) is 11.1. The van der Waals surface area contributed by atoms with Crippen LogP contribution in [0.15, 0.2) is 54.7 Å². The molecule has 186 valence electrons. The van der Waals surface area contributed by atoms with Crippen molar-refractivity contribution in [3.63, 3.8) is 0 Å². The second-order valence-electron chi connectivity index (χ2n) is 8.62. The highest BCUT2D eigenvalue weighted by atomic mass is 19.4. The number of carboxylic acid groups (broad SMARTS) is 1. The number of anilines is 2. The average Bonchev–Trinajstić information content (AvgIpc) is 3.65. The number of aryl methyl sites for hydroxylation is 1. The van der Waals surface area contributed by atoms with Crippen molar-refractivity contribution < 1.29 is 32.7 Å². The molecule has 0 unspecified atom stereocenters. The Labute approximate surface area is 204 Å². The molecule has 2 amide bonds. The first-order chi connectivity index (χ1) is 17.0. The molecular formula is C26H22F3N3O4. The van der Waals surface area contributed by atoms with Crippen molar-refractivity contribution in [2.45, 2.75) is 38.3 Å². The quantitative estimate of drug-likeness (QED) is 0.264. The average molecular weight is 497 g/mol.